The highest BCUT2D eigenvalue weighted by molar-refractivity contribution is 6.18. The third-order valence-electron chi connectivity index (χ3n) is 3.87. The number of hydrogen-bond donors (Lipinski definition) is 1. The Balaban J connectivity index is 1.57. The number of hydrogen-bond acceptors (Lipinski definition) is 2. The van der Waals surface area contributed by atoms with E-state index in [4.69, 9.17) is 16.3 Å². The lowest BCUT2D eigenvalue weighted by atomic mass is 10.0. The zero-order chi connectivity index (χ0) is 12.1. The van der Waals surface area contributed by atoms with Gasteiger partial charge < -0.3 is 10.1 Å². The Bertz CT molecular complexity index is 260. The van der Waals surface area contributed by atoms with Gasteiger partial charge in [-0.15, -0.1) is 11.6 Å². The average Bonchev–Trinajstić information content (AvgIpc) is 3.16. The first-order valence-corrected chi connectivity index (χ1v) is 7.22. The molecule has 2 rings (SSSR count). The number of halogens is 1. The fourth-order valence-corrected chi connectivity index (χ4v) is 2.60. The summed E-state index contributed by atoms with van der Waals surface area (Å²) in [6.07, 6.45) is 7.58. The van der Waals surface area contributed by atoms with E-state index < -0.39 is 0 Å². The van der Waals surface area contributed by atoms with E-state index in [9.17, 15) is 4.79 Å². The van der Waals surface area contributed by atoms with E-state index in [1.807, 2.05) is 0 Å². The van der Waals surface area contributed by atoms with Gasteiger partial charge in [0.25, 0.3) is 0 Å². The smallest absolute Gasteiger partial charge is 0.220 e. The monoisotopic (exact) mass is 259 g/mol. The molecule has 0 spiro atoms. The van der Waals surface area contributed by atoms with Gasteiger partial charge in [-0.3, -0.25) is 4.79 Å². The highest BCUT2D eigenvalue weighted by Gasteiger charge is 2.41. The second kappa shape index (κ2) is 6.05. The van der Waals surface area contributed by atoms with Crippen molar-refractivity contribution in [3.8, 4) is 0 Å². The maximum absolute atomic E-state index is 11.7. The van der Waals surface area contributed by atoms with Gasteiger partial charge in [0, 0.05) is 30.9 Å². The number of ether oxygens (including phenoxy) is 1. The minimum absolute atomic E-state index is 0.149. The highest BCUT2D eigenvalue weighted by Crippen LogP contribution is 2.45. The zero-order valence-electron chi connectivity index (χ0n) is 10.3. The van der Waals surface area contributed by atoms with E-state index in [-0.39, 0.29) is 11.3 Å². The Kier molecular flexibility index (Phi) is 4.69. The fraction of sp³-hybridized carbons (Fsp3) is 0.923. The Morgan fingerprint density at radius 1 is 1.41 bits per heavy atom. The number of carbonyl (C=O) groups is 1. The van der Waals surface area contributed by atoms with Crippen LogP contribution in [0.5, 0.6) is 0 Å². The summed E-state index contributed by atoms with van der Waals surface area (Å²) in [6.45, 7) is 1.61. The Hall–Kier alpha value is -0.280. The summed E-state index contributed by atoms with van der Waals surface area (Å²) in [5, 5.41) is 3.00. The molecule has 1 aliphatic carbocycles. The molecule has 0 radical (unpaired) electrons. The summed E-state index contributed by atoms with van der Waals surface area (Å²) < 4.78 is 5.61. The van der Waals surface area contributed by atoms with E-state index in [1.165, 1.54) is 12.8 Å². The number of nitrogens with one attached hydrogen (secondary N) is 1. The molecule has 0 aromatic rings. The van der Waals surface area contributed by atoms with E-state index in [2.05, 4.69) is 5.32 Å². The minimum Gasteiger partial charge on any atom is -0.378 e. The van der Waals surface area contributed by atoms with Crippen LogP contribution in [0.15, 0.2) is 0 Å². The lowest BCUT2D eigenvalue weighted by molar-refractivity contribution is -0.122. The molecule has 1 atom stereocenters. The van der Waals surface area contributed by atoms with E-state index in [0.29, 0.717) is 18.4 Å². The van der Waals surface area contributed by atoms with Crippen LogP contribution in [0, 0.1) is 5.41 Å². The molecule has 1 saturated heterocycles. The van der Waals surface area contributed by atoms with Crippen molar-refractivity contribution in [2.24, 2.45) is 5.41 Å². The van der Waals surface area contributed by atoms with Crippen molar-refractivity contribution in [1.82, 2.24) is 5.32 Å². The second-order valence-electron chi connectivity index (χ2n) is 5.44. The molecular weight excluding hydrogens is 238 g/mol. The van der Waals surface area contributed by atoms with Crippen molar-refractivity contribution in [2.45, 2.75) is 51.0 Å². The normalized spacial score (nSPS) is 26.5. The van der Waals surface area contributed by atoms with Crippen LogP contribution < -0.4 is 5.32 Å². The van der Waals surface area contributed by atoms with Crippen molar-refractivity contribution in [3.05, 3.63) is 0 Å². The predicted octanol–water partition coefficient (Wildman–Crippen LogP) is 2.47. The topological polar surface area (TPSA) is 38.3 Å². The lowest BCUT2D eigenvalue weighted by Crippen LogP contribution is -2.32. The predicted molar refractivity (Wildman–Crippen MR) is 68.2 cm³/mol. The van der Waals surface area contributed by atoms with Crippen molar-refractivity contribution in [3.63, 3.8) is 0 Å². The van der Waals surface area contributed by atoms with Crippen LogP contribution in [0.3, 0.4) is 0 Å². The van der Waals surface area contributed by atoms with Crippen molar-refractivity contribution >= 4 is 17.5 Å². The number of amides is 1. The molecule has 17 heavy (non-hydrogen) atoms. The SMILES string of the molecule is O=C(CCC1CCCCO1)NCC1(CCl)CC1. The van der Waals surface area contributed by atoms with Gasteiger partial charge in [-0.05, 0) is 38.5 Å². The summed E-state index contributed by atoms with van der Waals surface area (Å²) in [5.41, 5.74) is 0.221. The van der Waals surface area contributed by atoms with Crippen LogP contribution in [-0.2, 0) is 9.53 Å². The lowest BCUT2D eigenvalue weighted by Gasteiger charge is -2.22. The van der Waals surface area contributed by atoms with Gasteiger partial charge in [-0.2, -0.15) is 0 Å². The van der Waals surface area contributed by atoms with Crippen LogP contribution in [0.1, 0.15) is 44.9 Å². The number of rotatable bonds is 6. The first-order chi connectivity index (χ1) is 8.24. The summed E-state index contributed by atoms with van der Waals surface area (Å²) in [6, 6.07) is 0. The van der Waals surface area contributed by atoms with Gasteiger partial charge in [0.05, 0.1) is 6.10 Å². The maximum atomic E-state index is 11.7. The largest absolute Gasteiger partial charge is 0.378 e. The molecule has 1 N–H and O–H groups in total. The summed E-state index contributed by atoms with van der Waals surface area (Å²) in [5.74, 6) is 0.814. The van der Waals surface area contributed by atoms with E-state index in [1.54, 1.807) is 0 Å². The van der Waals surface area contributed by atoms with Gasteiger partial charge in [0.2, 0.25) is 5.91 Å². The molecule has 1 unspecified atom stereocenters. The van der Waals surface area contributed by atoms with Gasteiger partial charge in [0.1, 0.15) is 0 Å². The molecule has 0 aromatic heterocycles. The molecule has 1 saturated carbocycles. The van der Waals surface area contributed by atoms with Crippen molar-refractivity contribution in [2.75, 3.05) is 19.0 Å². The minimum atomic E-state index is 0.149. The molecule has 98 valence electrons. The van der Waals surface area contributed by atoms with E-state index >= 15 is 0 Å². The first-order valence-electron chi connectivity index (χ1n) is 6.68. The standard InChI is InChI=1S/C13H22ClNO2/c14-9-13(6-7-13)10-15-12(16)5-4-11-3-1-2-8-17-11/h11H,1-10H2,(H,15,16). The summed E-state index contributed by atoms with van der Waals surface area (Å²) >= 11 is 5.87. The quantitative estimate of drug-likeness (QED) is 0.745. The fourth-order valence-electron chi connectivity index (χ4n) is 2.24. The summed E-state index contributed by atoms with van der Waals surface area (Å²) in [7, 11) is 0. The Labute approximate surface area is 108 Å². The number of carbonyl (C=O) groups excluding carboxylic acids is 1. The molecule has 0 bridgehead atoms. The summed E-state index contributed by atoms with van der Waals surface area (Å²) in [4.78, 5) is 11.7. The third kappa shape index (κ3) is 4.14. The molecule has 2 aliphatic rings. The number of alkyl halides is 1. The molecular formula is C13H22ClNO2. The third-order valence-corrected chi connectivity index (χ3v) is 4.44. The first kappa shape index (κ1) is 13.2. The molecule has 3 nitrogen and oxygen atoms in total. The van der Waals surface area contributed by atoms with Crippen LogP contribution in [0.25, 0.3) is 0 Å². The van der Waals surface area contributed by atoms with Crippen LogP contribution >= 0.6 is 11.6 Å². The molecule has 4 heteroatoms. The second-order valence-corrected chi connectivity index (χ2v) is 5.70. The van der Waals surface area contributed by atoms with Crippen molar-refractivity contribution < 1.29 is 9.53 Å². The maximum Gasteiger partial charge on any atom is 0.220 e. The Morgan fingerprint density at radius 2 is 2.24 bits per heavy atom. The van der Waals surface area contributed by atoms with Gasteiger partial charge in [-0.25, -0.2) is 0 Å². The van der Waals surface area contributed by atoms with Crippen LogP contribution in [0.4, 0.5) is 0 Å². The van der Waals surface area contributed by atoms with Gasteiger partial charge >= 0.3 is 0 Å². The molecule has 0 aromatic carbocycles. The van der Waals surface area contributed by atoms with Crippen LogP contribution in [-0.4, -0.2) is 31.0 Å². The Morgan fingerprint density at radius 3 is 2.82 bits per heavy atom. The molecule has 1 aliphatic heterocycles. The molecule has 2 fully saturated rings. The van der Waals surface area contributed by atoms with Gasteiger partial charge in [0.15, 0.2) is 0 Å². The highest BCUT2D eigenvalue weighted by atomic mass is 35.5. The average molecular weight is 260 g/mol. The van der Waals surface area contributed by atoms with Crippen LogP contribution in [0.2, 0.25) is 0 Å². The molecule has 1 amide bonds. The van der Waals surface area contributed by atoms with Crippen molar-refractivity contribution in [1.29, 1.82) is 0 Å². The zero-order valence-corrected chi connectivity index (χ0v) is 11.1. The van der Waals surface area contributed by atoms with Gasteiger partial charge in [-0.1, -0.05) is 0 Å². The van der Waals surface area contributed by atoms with E-state index in [0.717, 1.165) is 38.8 Å². The molecule has 1 heterocycles.